The summed E-state index contributed by atoms with van der Waals surface area (Å²) in [5, 5.41) is 11.8. The van der Waals surface area contributed by atoms with Crippen LogP contribution in [0.15, 0.2) is 60.7 Å². The number of hydrogen-bond donors (Lipinski definition) is 1. The molecule has 0 atom stereocenters. The van der Waals surface area contributed by atoms with E-state index >= 15 is 0 Å². The number of nitrogens with zero attached hydrogens (tertiary/aromatic N) is 1. The van der Waals surface area contributed by atoms with Crippen molar-refractivity contribution in [1.29, 1.82) is 5.26 Å². The van der Waals surface area contributed by atoms with Gasteiger partial charge in [0.15, 0.2) is 0 Å². The minimum Gasteiger partial charge on any atom is -0.356 e. The van der Waals surface area contributed by atoms with Crippen LogP contribution in [-0.2, 0) is 0 Å². The first-order valence-corrected chi connectivity index (χ1v) is 5.37. The van der Waals surface area contributed by atoms with Crippen LogP contribution in [0.25, 0.3) is 6.08 Å². The maximum atomic E-state index is 8.48. The summed E-state index contributed by atoms with van der Waals surface area (Å²) in [5.74, 6) is 0. The van der Waals surface area contributed by atoms with Crippen molar-refractivity contribution < 1.29 is 0 Å². The zero-order valence-electron chi connectivity index (χ0n) is 9.30. The molecule has 0 aliphatic rings. The molecular weight excluding hydrogens is 208 g/mol. The van der Waals surface area contributed by atoms with E-state index in [0.29, 0.717) is 0 Å². The van der Waals surface area contributed by atoms with Crippen LogP contribution in [0.4, 0.5) is 11.4 Å². The Morgan fingerprint density at radius 1 is 0.941 bits per heavy atom. The van der Waals surface area contributed by atoms with Gasteiger partial charge >= 0.3 is 0 Å². The highest BCUT2D eigenvalue weighted by atomic mass is 14.9. The van der Waals surface area contributed by atoms with Gasteiger partial charge in [-0.05, 0) is 35.9 Å². The molecule has 2 heteroatoms. The fourth-order valence-electron chi connectivity index (χ4n) is 1.54. The lowest BCUT2D eigenvalue weighted by molar-refractivity contribution is 1.53. The number of nitriles is 1. The topological polar surface area (TPSA) is 35.8 Å². The molecule has 0 spiro atoms. The van der Waals surface area contributed by atoms with Crippen molar-refractivity contribution in [1.82, 2.24) is 0 Å². The zero-order valence-corrected chi connectivity index (χ0v) is 9.30. The fraction of sp³-hybridized carbons (Fsp3) is 0. The second kappa shape index (κ2) is 5.53. The quantitative estimate of drug-likeness (QED) is 0.794. The number of benzene rings is 2. The van der Waals surface area contributed by atoms with Crippen molar-refractivity contribution in [2.75, 3.05) is 5.32 Å². The Hall–Kier alpha value is -2.53. The maximum absolute atomic E-state index is 8.48. The predicted octanol–water partition coefficient (Wildman–Crippen LogP) is 3.97. The second-order valence-electron chi connectivity index (χ2n) is 3.58. The largest absolute Gasteiger partial charge is 0.356 e. The summed E-state index contributed by atoms with van der Waals surface area (Å²) in [6.07, 6.45) is 3.26. The van der Waals surface area contributed by atoms with Gasteiger partial charge in [-0.1, -0.05) is 30.3 Å². The third kappa shape index (κ3) is 3.22. The molecule has 1 N–H and O–H groups in total. The van der Waals surface area contributed by atoms with Crippen molar-refractivity contribution in [3.8, 4) is 6.07 Å². The summed E-state index contributed by atoms with van der Waals surface area (Å²) < 4.78 is 0. The number of nitrogens with one attached hydrogen (secondary N) is 1. The number of allylic oxidation sites excluding steroid dienone is 1. The standard InChI is InChI=1S/C15H12N2/c16-11-5-7-13-6-4-10-15(12-13)17-14-8-2-1-3-9-14/h1-10,12,17H. The van der Waals surface area contributed by atoms with Gasteiger partial charge in [-0.3, -0.25) is 0 Å². The highest BCUT2D eigenvalue weighted by Gasteiger charge is 1.94. The van der Waals surface area contributed by atoms with E-state index in [-0.39, 0.29) is 0 Å². The molecular formula is C15H12N2. The molecule has 0 aliphatic heterocycles. The summed E-state index contributed by atoms with van der Waals surface area (Å²) in [6.45, 7) is 0. The minimum atomic E-state index is 1.01. The number of hydrogen-bond acceptors (Lipinski definition) is 2. The zero-order chi connectivity index (χ0) is 11.9. The van der Waals surface area contributed by atoms with Crippen LogP contribution in [-0.4, -0.2) is 0 Å². The Morgan fingerprint density at radius 3 is 2.47 bits per heavy atom. The van der Waals surface area contributed by atoms with Crippen molar-refractivity contribution in [3.63, 3.8) is 0 Å². The highest BCUT2D eigenvalue weighted by Crippen LogP contribution is 2.17. The average Bonchev–Trinajstić information content (AvgIpc) is 2.38. The van der Waals surface area contributed by atoms with Gasteiger partial charge in [-0.25, -0.2) is 0 Å². The molecule has 0 bridgehead atoms. The van der Waals surface area contributed by atoms with Crippen molar-refractivity contribution in [2.24, 2.45) is 0 Å². The van der Waals surface area contributed by atoms with Gasteiger partial charge in [-0.2, -0.15) is 5.26 Å². The summed E-state index contributed by atoms with van der Waals surface area (Å²) in [4.78, 5) is 0. The summed E-state index contributed by atoms with van der Waals surface area (Å²) in [6, 6.07) is 19.9. The molecule has 0 aliphatic carbocycles. The average molecular weight is 220 g/mol. The van der Waals surface area contributed by atoms with Crippen LogP contribution >= 0.6 is 0 Å². The Labute approximate surface area is 101 Å². The monoisotopic (exact) mass is 220 g/mol. The third-order valence-electron chi connectivity index (χ3n) is 2.30. The Balaban J connectivity index is 2.17. The van der Waals surface area contributed by atoms with Crippen molar-refractivity contribution >= 4 is 17.5 Å². The lowest BCUT2D eigenvalue weighted by Crippen LogP contribution is -1.89. The van der Waals surface area contributed by atoms with Gasteiger partial charge in [0.05, 0.1) is 6.07 Å². The minimum absolute atomic E-state index is 1.01. The van der Waals surface area contributed by atoms with Gasteiger partial charge in [0.1, 0.15) is 0 Å². The van der Waals surface area contributed by atoms with Gasteiger partial charge in [0, 0.05) is 17.5 Å². The first-order chi connectivity index (χ1) is 8.38. The highest BCUT2D eigenvalue weighted by molar-refractivity contribution is 5.64. The lowest BCUT2D eigenvalue weighted by Gasteiger charge is -2.06. The molecule has 0 amide bonds. The first-order valence-electron chi connectivity index (χ1n) is 5.37. The first kappa shape index (κ1) is 11.0. The molecule has 82 valence electrons. The van der Waals surface area contributed by atoms with Gasteiger partial charge in [0.25, 0.3) is 0 Å². The van der Waals surface area contributed by atoms with E-state index in [2.05, 4.69) is 5.32 Å². The maximum Gasteiger partial charge on any atom is 0.0912 e. The SMILES string of the molecule is N#CC=Cc1cccc(Nc2ccccc2)c1. The summed E-state index contributed by atoms with van der Waals surface area (Å²) in [5.41, 5.74) is 3.07. The Bertz CT molecular complexity index is 551. The number of anilines is 2. The molecule has 0 heterocycles. The van der Waals surface area contributed by atoms with Crippen LogP contribution < -0.4 is 5.32 Å². The van der Waals surface area contributed by atoms with Crippen LogP contribution in [0.3, 0.4) is 0 Å². The molecule has 0 saturated heterocycles. The van der Waals surface area contributed by atoms with E-state index in [1.165, 1.54) is 6.08 Å². The lowest BCUT2D eigenvalue weighted by atomic mass is 10.2. The van der Waals surface area contributed by atoms with Crippen LogP contribution in [0.2, 0.25) is 0 Å². The van der Waals surface area contributed by atoms with E-state index in [4.69, 9.17) is 5.26 Å². The van der Waals surface area contributed by atoms with E-state index in [1.54, 1.807) is 6.08 Å². The molecule has 0 fully saturated rings. The van der Waals surface area contributed by atoms with Crippen LogP contribution in [0, 0.1) is 11.3 Å². The molecule has 17 heavy (non-hydrogen) atoms. The summed E-state index contributed by atoms with van der Waals surface area (Å²) in [7, 11) is 0. The second-order valence-corrected chi connectivity index (χ2v) is 3.58. The van der Waals surface area contributed by atoms with Gasteiger partial charge in [0.2, 0.25) is 0 Å². The molecule has 0 radical (unpaired) electrons. The van der Waals surface area contributed by atoms with Crippen LogP contribution in [0.5, 0.6) is 0 Å². The third-order valence-corrected chi connectivity index (χ3v) is 2.30. The molecule has 2 nitrogen and oxygen atoms in total. The molecule has 2 aromatic rings. The molecule has 2 rings (SSSR count). The summed E-state index contributed by atoms with van der Waals surface area (Å²) >= 11 is 0. The molecule has 0 saturated carbocycles. The van der Waals surface area contributed by atoms with Gasteiger partial charge in [-0.15, -0.1) is 0 Å². The molecule has 2 aromatic carbocycles. The number of para-hydroxylation sites is 1. The van der Waals surface area contributed by atoms with Crippen LogP contribution in [0.1, 0.15) is 5.56 Å². The normalized spacial score (nSPS) is 10.1. The van der Waals surface area contributed by atoms with E-state index < -0.39 is 0 Å². The molecule has 0 aromatic heterocycles. The van der Waals surface area contributed by atoms with E-state index in [1.807, 2.05) is 60.7 Å². The van der Waals surface area contributed by atoms with Gasteiger partial charge < -0.3 is 5.32 Å². The van der Waals surface area contributed by atoms with E-state index in [0.717, 1.165) is 16.9 Å². The molecule has 0 unspecified atom stereocenters. The van der Waals surface area contributed by atoms with Crippen molar-refractivity contribution in [2.45, 2.75) is 0 Å². The van der Waals surface area contributed by atoms with Crippen molar-refractivity contribution in [3.05, 3.63) is 66.2 Å². The number of rotatable bonds is 3. The van der Waals surface area contributed by atoms with E-state index in [9.17, 15) is 0 Å². The fourth-order valence-corrected chi connectivity index (χ4v) is 1.54. The smallest absolute Gasteiger partial charge is 0.0912 e. The predicted molar refractivity (Wildman–Crippen MR) is 70.8 cm³/mol. The Kier molecular flexibility index (Phi) is 3.57. The Morgan fingerprint density at radius 2 is 1.71 bits per heavy atom.